The van der Waals surface area contributed by atoms with Gasteiger partial charge in [-0.1, -0.05) is 38.1 Å². The minimum Gasteiger partial charge on any atom is -0.374 e. The zero-order valence-electron chi connectivity index (χ0n) is 13.0. The third kappa shape index (κ3) is 4.83. The van der Waals surface area contributed by atoms with Crippen LogP contribution in [-0.4, -0.2) is 12.0 Å². The third-order valence-corrected chi connectivity index (χ3v) is 4.39. The maximum absolute atomic E-state index is 11.4. The molecule has 4 heteroatoms. The van der Waals surface area contributed by atoms with Gasteiger partial charge < -0.3 is 4.74 Å². The van der Waals surface area contributed by atoms with Crippen molar-refractivity contribution in [1.29, 1.82) is 0 Å². The first kappa shape index (κ1) is 16.0. The van der Waals surface area contributed by atoms with Crippen LogP contribution in [0.1, 0.15) is 50.7 Å². The molecular formula is C17H26N2O2. The molecule has 21 heavy (non-hydrogen) atoms. The number of benzene rings is 1. The van der Waals surface area contributed by atoms with Crippen molar-refractivity contribution in [1.82, 2.24) is 5.43 Å². The largest absolute Gasteiger partial charge is 0.374 e. The Balaban J connectivity index is 1.90. The average molecular weight is 290 g/mol. The molecule has 0 atom stereocenters. The van der Waals surface area contributed by atoms with E-state index in [2.05, 4.69) is 19.3 Å². The SMILES string of the molecule is CC1(C)CCC(OCc2ccccc2CC(=O)NN)CC1. The van der Waals surface area contributed by atoms with Crippen molar-refractivity contribution in [2.45, 2.75) is 58.7 Å². The van der Waals surface area contributed by atoms with Crippen LogP contribution in [0.2, 0.25) is 0 Å². The highest BCUT2D eigenvalue weighted by Gasteiger charge is 2.27. The van der Waals surface area contributed by atoms with Gasteiger partial charge >= 0.3 is 0 Å². The highest BCUT2D eigenvalue weighted by Crippen LogP contribution is 2.36. The van der Waals surface area contributed by atoms with Crippen molar-refractivity contribution in [3.05, 3.63) is 35.4 Å². The quantitative estimate of drug-likeness (QED) is 0.498. The normalized spacial score (nSPS) is 18.4. The van der Waals surface area contributed by atoms with Crippen LogP contribution in [0.15, 0.2) is 24.3 Å². The van der Waals surface area contributed by atoms with Crippen LogP contribution >= 0.6 is 0 Å². The molecule has 1 fully saturated rings. The Hall–Kier alpha value is -1.39. The van der Waals surface area contributed by atoms with Crippen LogP contribution in [-0.2, 0) is 22.6 Å². The standard InChI is InChI=1S/C17H26N2O2/c1-17(2)9-7-15(8-10-17)21-12-14-6-4-3-5-13(14)11-16(20)19-18/h3-6,15H,7-12,18H2,1-2H3,(H,19,20). The molecule has 1 saturated carbocycles. The fourth-order valence-corrected chi connectivity index (χ4v) is 2.84. The molecule has 0 heterocycles. The molecule has 1 amide bonds. The first-order valence-electron chi connectivity index (χ1n) is 7.68. The van der Waals surface area contributed by atoms with E-state index in [4.69, 9.17) is 10.6 Å². The zero-order valence-corrected chi connectivity index (χ0v) is 13.0. The van der Waals surface area contributed by atoms with Crippen molar-refractivity contribution in [2.75, 3.05) is 0 Å². The van der Waals surface area contributed by atoms with E-state index in [-0.39, 0.29) is 5.91 Å². The number of rotatable bonds is 5. The number of carbonyl (C=O) groups excluding carboxylic acids is 1. The summed E-state index contributed by atoms with van der Waals surface area (Å²) < 4.78 is 6.06. The molecule has 0 spiro atoms. The van der Waals surface area contributed by atoms with Gasteiger partial charge in [0.15, 0.2) is 0 Å². The van der Waals surface area contributed by atoms with Gasteiger partial charge in [0.05, 0.1) is 19.1 Å². The van der Waals surface area contributed by atoms with Gasteiger partial charge in [-0.3, -0.25) is 10.2 Å². The first-order chi connectivity index (χ1) is 10.00. The van der Waals surface area contributed by atoms with Gasteiger partial charge in [0, 0.05) is 0 Å². The van der Waals surface area contributed by atoms with Crippen molar-refractivity contribution < 1.29 is 9.53 Å². The molecule has 1 aromatic rings. The Morgan fingerprint density at radius 1 is 1.29 bits per heavy atom. The number of amides is 1. The fourth-order valence-electron chi connectivity index (χ4n) is 2.84. The molecule has 3 N–H and O–H groups in total. The van der Waals surface area contributed by atoms with Crippen LogP contribution in [0.25, 0.3) is 0 Å². The molecule has 0 aliphatic heterocycles. The number of nitrogens with one attached hydrogen (secondary N) is 1. The molecule has 116 valence electrons. The van der Waals surface area contributed by atoms with Crippen LogP contribution in [0.3, 0.4) is 0 Å². The second kappa shape index (κ2) is 7.05. The monoisotopic (exact) mass is 290 g/mol. The predicted molar refractivity (Wildman–Crippen MR) is 83.3 cm³/mol. The van der Waals surface area contributed by atoms with E-state index in [1.807, 2.05) is 24.3 Å². The molecule has 0 unspecified atom stereocenters. The van der Waals surface area contributed by atoms with Crippen LogP contribution in [0, 0.1) is 5.41 Å². The van der Waals surface area contributed by atoms with Gasteiger partial charge in [0.2, 0.25) is 5.91 Å². The Bertz CT molecular complexity index is 475. The van der Waals surface area contributed by atoms with Crippen molar-refractivity contribution >= 4 is 5.91 Å². The lowest BCUT2D eigenvalue weighted by Gasteiger charge is -2.34. The molecule has 0 radical (unpaired) electrons. The summed E-state index contributed by atoms with van der Waals surface area (Å²) in [7, 11) is 0. The Morgan fingerprint density at radius 3 is 2.52 bits per heavy atom. The predicted octanol–water partition coefficient (Wildman–Crippen LogP) is 2.70. The van der Waals surface area contributed by atoms with Crippen LogP contribution in [0.4, 0.5) is 0 Å². The summed E-state index contributed by atoms with van der Waals surface area (Å²) in [5.41, 5.74) is 4.69. The topological polar surface area (TPSA) is 64.3 Å². The van der Waals surface area contributed by atoms with Gasteiger partial charge in [-0.15, -0.1) is 0 Å². The highest BCUT2D eigenvalue weighted by molar-refractivity contribution is 5.78. The first-order valence-corrected chi connectivity index (χ1v) is 7.68. The second-order valence-electron chi connectivity index (χ2n) is 6.69. The van der Waals surface area contributed by atoms with Crippen molar-refractivity contribution in [2.24, 2.45) is 11.3 Å². The van der Waals surface area contributed by atoms with Gasteiger partial charge in [0.1, 0.15) is 0 Å². The van der Waals surface area contributed by atoms with Crippen LogP contribution < -0.4 is 11.3 Å². The van der Waals surface area contributed by atoms with E-state index in [1.54, 1.807) is 0 Å². The number of nitrogens with two attached hydrogens (primary N) is 1. The smallest absolute Gasteiger partial charge is 0.238 e. The average Bonchev–Trinajstić information content (AvgIpc) is 2.47. The molecule has 1 aliphatic rings. The third-order valence-electron chi connectivity index (χ3n) is 4.39. The van der Waals surface area contributed by atoms with E-state index in [1.165, 1.54) is 12.8 Å². The second-order valence-corrected chi connectivity index (χ2v) is 6.69. The Kier molecular flexibility index (Phi) is 5.37. The van der Waals surface area contributed by atoms with Gasteiger partial charge in [-0.2, -0.15) is 0 Å². The molecule has 1 aromatic carbocycles. The summed E-state index contributed by atoms with van der Waals surface area (Å²) in [6.07, 6.45) is 5.32. The van der Waals surface area contributed by atoms with E-state index in [9.17, 15) is 4.79 Å². The van der Waals surface area contributed by atoms with Gasteiger partial charge in [0.25, 0.3) is 0 Å². The van der Waals surface area contributed by atoms with E-state index in [0.29, 0.717) is 24.5 Å². The summed E-state index contributed by atoms with van der Waals surface area (Å²) in [5, 5.41) is 0. The molecular weight excluding hydrogens is 264 g/mol. The van der Waals surface area contributed by atoms with E-state index in [0.717, 1.165) is 24.0 Å². The summed E-state index contributed by atoms with van der Waals surface area (Å²) >= 11 is 0. The highest BCUT2D eigenvalue weighted by atomic mass is 16.5. The molecule has 0 saturated heterocycles. The minimum atomic E-state index is -0.179. The van der Waals surface area contributed by atoms with E-state index >= 15 is 0 Å². The maximum Gasteiger partial charge on any atom is 0.238 e. The van der Waals surface area contributed by atoms with Gasteiger partial charge in [-0.25, -0.2) is 5.84 Å². The summed E-state index contributed by atoms with van der Waals surface area (Å²) in [4.78, 5) is 11.4. The zero-order chi connectivity index (χ0) is 15.3. The minimum absolute atomic E-state index is 0.179. The number of hydrogen-bond acceptors (Lipinski definition) is 3. The Morgan fingerprint density at radius 2 is 1.90 bits per heavy atom. The maximum atomic E-state index is 11.4. The summed E-state index contributed by atoms with van der Waals surface area (Å²) in [5.74, 6) is 4.98. The Labute approximate surface area is 127 Å². The molecule has 2 rings (SSSR count). The molecule has 0 aromatic heterocycles. The lowest BCUT2D eigenvalue weighted by Crippen LogP contribution is -2.31. The molecule has 1 aliphatic carbocycles. The summed E-state index contributed by atoms with van der Waals surface area (Å²) in [6, 6.07) is 7.89. The number of hydrogen-bond donors (Lipinski definition) is 2. The molecule has 4 nitrogen and oxygen atoms in total. The fraction of sp³-hybridized carbons (Fsp3) is 0.588. The lowest BCUT2D eigenvalue weighted by molar-refractivity contribution is -0.120. The molecule has 0 bridgehead atoms. The number of ether oxygens (including phenoxy) is 1. The lowest BCUT2D eigenvalue weighted by atomic mass is 9.76. The van der Waals surface area contributed by atoms with Crippen molar-refractivity contribution in [3.8, 4) is 0 Å². The summed E-state index contributed by atoms with van der Waals surface area (Å²) in [6.45, 7) is 5.22. The number of carbonyl (C=O) groups is 1. The van der Waals surface area contributed by atoms with Crippen molar-refractivity contribution in [3.63, 3.8) is 0 Å². The van der Waals surface area contributed by atoms with Gasteiger partial charge in [-0.05, 0) is 42.2 Å². The van der Waals surface area contributed by atoms with E-state index < -0.39 is 0 Å². The number of hydrazine groups is 1. The van der Waals surface area contributed by atoms with Crippen LogP contribution in [0.5, 0.6) is 0 Å².